The summed E-state index contributed by atoms with van der Waals surface area (Å²) in [5.74, 6) is 0.812. The summed E-state index contributed by atoms with van der Waals surface area (Å²) in [4.78, 5) is 14.1. The Kier molecular flexibility index (Phi) is 6.75. The monoisotopic (exact) mass is 287 g/mol. The number of carbonyl (C=O) groups is 1. The Balaban J connectivity index is 2.67. The van der Waals surface area contributed by atoms with Crippen molar-refractivity contribution in [2.24, 2.45) is 0 Å². The topological polar surface area (TPSA) is 49.3 Å². The Hall–Kier alpha value is -0.520. The Labute approximate surface area is 117 Å². The first-order valence-electron chi connectivity index (χ1n) is 6.12. The van der Waals surface area contributed by atoms with E-state index in [1.807, 2.05) is 19.2 Å². The Morgan fingerprint density at radius 2 is 2.33 bits per heavy atom. The molecule has 102 valence electrons. The molecule has 18 heavy (non-hydrogen) atoms. The molecule has 5 heteroatoms. The number of amides is 1. The second-order valence-electron chi connectivity index (χ2n) is 4.21. The summed E-state index contributed by atoms with van der Waals surface area (Å²) in [6.07, 6.45) is 3.58. The maximum Gasteiger partial charge on any atom is 0.261 e. The fourth-order valence-corrected chi connectivity index (χ4v) is 3.46. The highest BCUT2D eigenvalue weighted by Gasteiger charge is 2.15. The van der Waals surface area contributed by atoms with Crippen molar-refractivity contribution in [1.29, 1.82) is 0 Å². The molecule has 3 nitrogen and oxygen atoms in total. The average Bonchev–Trinajstić information content (AvgIpc) is 2.71. The zero-order chi connectivity index (χ0) is 13.5. The third-order valence-corrected chi connectivity index (χ3v) is 4.86. The molecule has 0 spiro atoms. The second-order valence-corrected chi connectivity index (χ2v) is 6.26. The van der Waals surface area contributed by atoms with E-state index in [9.17, 15) is 4.79 Å². The van der Waals surface area contributed by atoms with E-state index >= 15 is 0 Å². The Morgan fingerprint density at radius 3 is 2.83 bits per heavy atom. The molecule has 1 unspecified atom stereocenters. The highest BCUT2D eigenvalue weighted by molar-refractivity contribution is 7.98. The van der Waals surface area contributed by atoms with Gasteiger partial charge in [-0.25, -0.2) is 0 Å². The molecule has 1 rings (SSSR count). The van der Waals surface area contributed by atoms with Crippen molar-refractivity contribution < 1.29 is 9.90 Å². The largest absolute Gasteiger partial charge is 0.396 e. The number of aliphatic hydroxyl groups excluding tert-OH is 1. The minimum absolute atomic E-state index is 0.0182. The molecule has 0 aliphatic heterocycles. The predicted octanol–water partition coefficient (Wildman–Crippen LogP) is 2.46. The summed E-state index contributed by atoms with van der Waals surface area (Å²) in [5.41, 5.74) is 1.19. The van der Waals surface area contributed by atoms with Crippen LogP contribution in [0.2, 0.25) is 0 Å². The van der Waals surface area contributed by atoms with Gasteiger partial charge in [0.1, 0.15) is 0 Å². The van der Waals surface area contributed by atoms with Gasteiger partial charge in [0.25, 0.3) is 5.91 Å². The first-order chi connectivity index (χ1) is 8.62. The van der Waals surface area contributed by atoms with Crippen molar-refractivity contribution in [3.05, 3.63) is 21.4 Å². The van der Waals surface area contributed by atoms with Crippen LogP contribution in [0.4, 0.5) is 0 Å². The summed E-state index contributed by atoms with van der Waals surface area (Å²) in [6, 6.07) is 2.00. The molecule has 0 fully saturated rings. The van der Waals surface area contributed by atoms with Crippen LogP contribution >= 0.6 is 23.1 Å². The summed E-state index contributed by atoms with van der Waals surface area (Å²) in [5, 5.41) is 12.0. The van der Waals surface area contributed by atoms with Gasteiger partial charge in [-0.15, -0.1) is 11.3 Å². The number of thioether (sulfide) groups is 1. The van der Waals surface area contributed by atoms with Gasteiger partial charge in [-0.2, -0.15) is 11.8 Å². The van der Waals surface area contributed by atoms with Gasteiger partial charge in [0.15, 0.2) is 0 Å². The predicted molar refractivity (Wildman–Crippen MR) is 79.8 cm³/mol. The number of aryl methyl sites for hydroxylation is 2. The fourth-order valence-electron chi connectivity index (χ4n) is 1.79. The number of thiophene rings is 1. The quantitative estimate of drug-likeness (QED) is 0.810. The number of aliphatic hydroxyl groups is 1. The third-order valence-electron chi connectivity index (χ3n) is 2.75. The minimum atomic E-state index is -0.0182. The van der Waals surface area contributed by atoms with E-state index in [0.29, 0.717) is 6.42 Å². The van der Waals surface area contributed by atoms with Crippen LogP contribution in [0.25, 0.3) is 0 Å². The smallest absolute Gasteiger partial charge is 0.261 e. The van der Waals surface area contributed by atoms with Crippen LogP contribution in [-0.2, 0) is 6.42 Å². The zero-order valence-electron chi connectivity index (χ0n) is 11.2. The molecule has 0 saturated heterocycles. The lowest BCUT2D eigenvalue weighted by Crippen LogP contribution is -2.36. The van der Waals surface area contributed by atoms with Gasteiger partial charge in [-0.1, -0.05) is 6.92 Å². The van der Waals surface area contributed by atoms with Gasteiger partial charge in [0.05, 0.1) is 4.88 Å². The molecule has 0 aliphatic rings. The van der Waals surface area contributed by atoms with Crippen molar-refractivity contribution in [2.45, 2.75) is 32.7 Å². The van der Waals surface area contributed by atoms with Gasteiger partial charge in [-0.05, 0) is 37.7 Å². The molecule has 0 saturated carbocycles. The van der Waals surface area contributed by atoms with Crippen LogP contribution in [-0.4, -0.2) is 35.7 Å². The van der Waals surface area contributed by atoms with E-state index in [1.54, 1.807) is 23.1 Å². The number of nitrogens with one attached hydrogen (secondary N) is 1. The molecule has 1 aromatic heterocycles. The molecule has 0 radical (unpaired) electrons. The number of hydrogen-bond acceptors (Lipinski definition) is 4. The molecule has 1 aromatic rings. The number of rotatable bonds is 7. The lowest BCUT2D eigenvalue weighted by Gasteiger charge is -2.15. The highest BCUT2D eigenvalue weighted by atomic mass is 32.2. The SMILES string of the molecule is CCc1sc(C(=O)NC(CCO)CSC)cc1C. The van der Waals surface area contributed by atoms with E-state index in [-0.39, 0.29) is 18.6 Å². The molecule has 2 N–H and O–H groups in total. The Bertz CT molecular complexity index is 384. The van der Waals surface area contributed by atoms with E-state index < -0.39 is 0 Å². The van der Waals surface area contributed by atoms with Crippen LogP contribution in [0.3, 0.4) is 0 Å². The maximum absolute atomic E-state index is 12.1. The van der Waals surface area contributed by atoms with Crippen molar-refractivity contribution in [3.63, 3.8) is 0 Å². The number of carbonyl (C=O) groups excluding carboxylic acids is 1. The van der Waals surface area contributed by atoms with Gasteiger partial charge in [0, 0.05) is 23.3 Å². The van der Waals surface area contributed by atoms with Crippen LogP contribution in [0, 0.1) is 6.92 Å². The molecule has 1 heterocycles. The van der Waals surface area contributed by atoms with Crippen molar-refractivity contribution >= 4 is 29.0 Å². The fraction of sp³-hybridized carbons (Fsp3) is 0.615. The molecular formula is C13H21NO2S2. The van der Waals surface area contributed by atoms with Gasteiger partial charge in [0.2, 0.25) is 0 Å². The van der Waals surface area contributed by atoms with Gasteiger partial charge >= 0.3 is 0 Å². The molecule has 0 aromatic carbocycles. The average molecular weight is 287 g/mol. The third kappa shape index (κ3) is 4.30. The molecule has 0 bridgehead atoms. The maximum atomic E-state index is 12.1. The van der Waals surface area contributed by atoms with E-state index in [2.05, 4.69) is 12.2 Å². The minimum Gasteiger partial charge on any atom is -0.396 e. The number of hydrogen-bond donors (Lipinski definition) is 2. The molecule has 0 aliphatic carbocycles. The van der Waals surface area contributed by atoms with Crippen molar-refractivity contribution in [2.75, 3.05) is 18.6 Å². The second kappa shape index (κ2) is 7.81. The zero-order valence-corrected chi connectivity index (χ0v) is 12.8. The van der Waals surface area contributed by atoms with Crippen LogP contribution < -0.4 is 5.32 Å². The Morgan fingerprint density at radius 1 is 1.61 bits per heavy atom. The highest BCUT2D eigenvalue weighted by Crippen LogP contribution is 2.22. The summed E-state index contributed by atoms with van der Waals surface area (Å²) in [7, 11) is 0. The van der Waals surface area contributed by atoms with Crippen LogP contribution in [0.5, 0.6) is 0 Å². The molecule has 1 atom stereocenters. The lowest BCUT2D eigenvalue weighted by molar-refractivity contribution is 0.0939. The van der Waals surface area contributed by atoms with Gasteiger partial charge < -0.3 is 10.4 Å². The van der Waals surface area contributed by atoms with E-state index in [1.165, 1.54) is 10.4 Å². The van der Waals surface area contributed by atoms with Crippen molar-refractivity contribution in [1.82, 2.24) is 5.32 Å². The van der Waals surface area contributed by atoms with Crippen LogP contribution in [0.1, 0.15) is 33.5 Å². The first-order valence-corrected chi connectivity index (χ1v) is 8.33. The normalized spacial score (nSPS) is 12.4. The lowest BCUT2D eigenvalue weighted by atomic mass is 10.2. The summed E-state index contributed by atoms with van der Waals surface area (Å²) >= 11 is 3.24. The standard InChI is InChI=1S/C13H21NO2S2/c1-4-11-9(2)7-12(18-11)13(16)14-10(5-6-15)8-17-3/h7,10,15H,4-6,8H2,1-3H3,(H,14,16). The summed E-state index contributed by atoms with van der Waals surface area (Å²) in [6.45, 7) is 4.25. The first kappa shape index (κ1) is 15.5. The van der Waals surface area contributed by atoms with Gasteiger partial charge in [-0.3, -0.25) is 4.79 Å². The van der Waals surface area contributed by atoms with Crippen LogP contribution in [0.15, 0.2) is 6.07 Å². The molecule has 1 amide bonds. The van der Waals surface area contributed by atoms with E-state index in [4.69, 9.17) is 5.11 Å². The van der Waals surface area contributed by atoms with E-state index in [0.717, 1.165) is 17.1 Å². The molecular weight excluding hydrogens is 266 g/mol. The summed E-state index contributed by atoms with van der Waals surface area (Å²) < 4.78 is 0. The van der Waals surface area contributed by atoms with Crippen molar-refractivity contribution in [3.8, 4) is 0 Å².